The molecule has 12 nitrogen and oxygen atoms in total. The number of fused-ring (bicyclic) bond motifs is 1. The molecular weight excluding hydrogens is 514 g/mol. The number of carbonyl (C=O) groups excluding carboxylic acids is 2. The number of hydrogen-bond donors (Lipinski definition) is 3. The fourth-order valence-corrected chi connectivity index (χ4v) is 3.92. The van der Waals surface area contributed by atoms with E-state index in [1.54, 1.807) is 4.90 Å². The van der Waals surface area contributed by atoms with Crippen LogP contribution in [0.4, 0.5) is 5.82 Å². The first-order valence-electron chi connectivity index (χ1n) is 13.7. The third-order valence-electron chi connectivity index (χ3n) is 5.96. The lowest BCUT2D eigenvalue weighted by atomic mass is 10.1. The minimum Gasteiger partial charge on any atom is -0.469 e. The van der Waals surface area contributed by atoms with E-state index in [0.29, 0.717) is 50.2 Å². The molecule has 0 saturated heterocycles. The van der Waals surface area contributed by atoms with Gasteiger partial charge in [0.25, 0.3) is 0 Å². The van der Waals surface area contributed by atoms with Gasteiger partial charge in [0.2, 0.25) is 5.91 Å². The number of nitrogen functional groups attached to an aromatic ring is 1. The molecule has 2 aromatic heterocycles. The summed E-state index contributed by atoms with van der Waals surface area (Å²) in [5, 5.41) is 2.75. The van der Waals surface area contributed by atoms with E-state index in [2.05, 4.69) is 27.2 Å². The number of unbranched alkanes of at least 4 members (excludes halogenated alkanes) is 1. The van der Waals surface area contributed by atoms with E-state index in [1.807, 2.05) is 45.3 Å². The molecule has 0 aliphatic heterocycles. The van der Waals surface area contributed by atoms with Gasteiger partial charge in [0.15, 0.2) is 11.5 Å². The molecular formula is C28H43N7O5. The molecule has 40 heavy (non-hydrogen) atoms. The van der Waals surface area contributed by atoms with Crippen LogP contribution in [-0.2, 0) is 33.8 Å². The van der Waals surface area contributed by atoms with Crippen LogP contribution in [0.2, 0.25) is 0 Å². The molecule has 0 atom stereocenters. The van der Waals surface area contributed by atoms with E-state index < -0.39 is 0 Å². The topological polar surface area (TPSA) is 157 Å². The molecule has 2 heterocycles. The highest BCUT2D eigenvalue weighted by Crippen LogP contribution is 2.18. The van der Waals surface area contributed by atoms with Crippen molar-refractivity contribution in [3.63, 3.8) is 0 Å². The number of benzene rings is 1. The SMILES string of the molecule is CCCCOc1nc(N)c2[nH]c(=O)n(CCCN(Cc3ccc(CC(=O)OC)cc3)C(=O)CCC)c2n1.CNC. The number of methoxy groups -OCH3 is 1. The predicted molar refractivity (Wildman–Crippen MR) is 155 cm³/mol. The van der Waals surface area contributed by atoms with Gasteiger partial charge in [0.05, 0.1) is 20.1 Å². The van der Waals surface area contributed by atoms with Gasteiger partial charge in [0, 0.05) is 26.1 Å². The Kier molecular flexibility index (Phi) is 13.6. The zero-order valence-corrected chi connectivity index (χ0v) is 24.3. The van der Waals surface area contributed by atoms with E-state index in [9.17, 15) is 14.4 Å². The second kappa shape index (κ2) is 16.9. The van der Waals surface area contributed by atoms with Crippen LogP contribution in [0.1, 0.15) is 57.1 Å². The Morgan fingerprint density at radius 3 is 2.38 bits per heavy atom. The van der Waals surface area contributed by atoms with Crippen molar-refractivity contribution in [2.75, 3.05) is 40.1 Å². The second-order valence-electron chi connectivity index (χ2n) is 9.36. The highest BCUT2D eigenvalue weighted by Gasteiger charge is 2.17. The number of nitrogens with zero attached hydrogens (tertiary/aromatic N) is 4. The lowest BCUT2D eigenvalue weighted by molar-refractivity contribution is -0.139. The average Bonchev–Trinajstić information content (AvgIpc) is 3.25. The number of imidazole rings is 1. The molecule has 12 heteroatoms. The minimum atomic E-state index is -0.339. The van der Waals surface area contributed by atoms with Crippen LogP contribution in [0.5, 0.6) is 6.01 Å². The number of aromatic amines is 1. The maximum absolute atomic E-state index is 12.8. The summed E-state index contributed by atoms with van der Waals surface area (Å²) in [7, 11) is 5.11. The third kappa shape index (κ3) is 9.67. The number of amides is 1. The number of nitrogens with two attached hydrogens (primary N) is 1. The Hall–Kier alpha value is -3.93. The van der Waals surface area contributed by atoms with E-state index >= 15 is 0 Å². The normalized spacial score (nSPS) is 10.6. The summed E-state index contributed by atoms with van der Waals surface area (Å²) < 4.78 is 11.8. The monoisotopic (exact) mass is 557 g/mol. The number of nitrogens with one attached hydrogen (secondary N) is 2. The van der Waals surface area contributed by atoms with Gasteiger partial charge >= 0.3 is 17.7 Å². The molecule has 0 bridgehead atoms. The Morgan fingerprint density at radius 2 is 1.75 bits per heavy atom. The highest BCUT2D eigenvalue weighted by atomic mass is 16.5. The third-order valence-corrected chi connectivity index (χ3v) is 5.96. The first-order valence-corrected chi connectivity index (χ1v) is 13.7. The van der Waals surface area contributed by atoms with Gasteiger partial charge < -0.3 is 30.4 Å². The van der Waals surface area contributed by atoms with Gasteiger partial charge in [-0.3, -0.25) is 14.2 Å². The van der Waals surface area contributed by atoms with E-state index in [0.717, 1.165) is 30.4 Å². The number of aryl methyl sites for hydroxylation is 1. The van der Waals surface area contributed by atoms with Crippen LogP contribution in [0.15, 0.2) is 29.1 Å². The molecule has 0 unspecified atom stereocenters. The fourth-order valence-electron chi connectivity index (χ4n) is 3.92. The number of ether oxygens (including phenoxy) is 2. The van der Waals surface area contributed by atoms with E-state index in [-0.39, 0.29) is 35.8 Å². The van der Waals surface area contributed by atoms with Crippen molar-refractivity contribution < 1.29 is 19.1 Å². The fraction of sp³-hybridized carbons (Fsp3) is 0.536. The number of hydrogen-bond acceptors (Lipinski definition) is 9. The molecule has 4 N–H and O–H groups in total. The molecule has 0 fully saturated rings. The van der Waals surface area contributed by atoms with Gasteiger partial charge in [0.1, 0.15) is 5.52 Å². The van der Waals surface area contributed by atoms with Crippen molar-refractivity contribution in [1.82, 2.24) is 29.7 Å². The number of esters is 1. The molecule has 1 aromatic carbocycles. The number of aromatic nitrogens is 4. The quantitative estimate of drug-likeness (QED) is 0.200. The Morgan fingerprint density at radius 1 is 1.07 bits per heavy atom. The number of anilines is 1. The second-order valence-corrected chi connectivity index (χ2v) is 9.36. The Bertz CT molecular complexity index is 1270. The summed E-state index contributed by atoms with van der Waals surface area (Å²) in [4.78, 5) is 50.0. The van der Waals surface area contributed by atoms with Crippen LogP contribution in [0, 0.1) is 0 Å². The molecule has 0 saturated carbocycles. The summed E-state index contributed by atoms with van der Waals surface area (Å²) >= 11 is 0. The molecule has 0 aliphatic carbocycles. The first kappa shape index (κ1) is 32.3. The van der Waals surface area contributed by atoms with Gasteiger partial charge in [-0.05, 0) is 44.5 Å². The molecule has 0 aliphatic rings. The minimum absolute atomic E-state index is 0.0468. The number of H-pyrrole nitrogens is 1. The van der Waals surface area contributed by atoms with Gasteiger partial charge in [-0.15, -0.1) is 0 Å². The lowest BCUT2D eigenvalue weighted by Gasteiger charge is -2.23. The van der Waals surface area contributed by atoms with Crippen molar-refractivity contribution in [3.05, 3.63) is 45.9 Å². The van der Waals surface area contributed by atoms with Crippen LogP contribution >= 0.6 is 0 Å². The van der Waals surface area contributed by atoms with E-state index in [4.69, 9.17) is 15.2 Å². The van der Waals surface area contributed by atoms with Crippen LogP contribution in [0.25, 0.3) is 11.2 Å². The smallest absolute Gasteiger partial charge is 0.327 e. The summed E-state index contributed by atoms with van der Waals surface area (Å²) in [6.07, 6.45) is 3.75. The standard InChI is InChI=1S/C26H36N6O5.C2H7N/c1-4-6-15-37-25-29-23(27)22-24(30-25)32(26(35)28-22)14-7-13-31(20(33)8-5-2)17-19-11-9-18(10-12-19)16-21(34)36-3;1-3-2/h9-12H,4-8,13-17H2,1-3H3,(H,28,35)(H2,27,29,30);3H,1-2H3. The summed E-state index contributed by atoms with van der Waals surface area (Å²) in [5.74, 6) is -0.0972. The van der Waals surface area contributed by atoms with Crippen molar-refractivity contribution >= 4 is 28.9 Å². The van der Waals surface area contributed by atoms with E-state index in [1.165, 1.54) is 11.7 Å². The van der Waals surface area contributed by atoms with Crippen LogP contribution in [0.3, 0.4) is 0 Å². The van der Waals surface area contributed by atoms with Crippen molar-refractivity contribution in [3.8, 4) is 6.01 Å². The average molecular weight is 558 g/mol. The molecule has 0 spiro atoms. The highest BCUT2D eigenvalue weighted by molar-refractivity contribution is 5.81. The van der Waals surface area contributed by atoms with Crippen LogP contribution in [-0.4, -0.2) is 70.7 Å². The largest absolute Gasteiger partial charge is 0.469 e. The van der Waals surface area contributed by atoms with Gasteiger partial charge in [-0.2, -0.15) is 9.97 Å². The first-order chi connectivity index (χ1) is 19.3. The Labute approximate surface area is 235 Å². The Balaban J connectivity index is 0.00000178. The zero-order chi connectivity index (χ0) is 29.5. The molecule has 220 valence electrons. The van der Waals surface area contributed by atoms with Crippen molar-refractivity contribution in [2.24, 2.45) is 0 Å². The molecule has 0 radical (unpaired) electrons. The van der Waals surface area contributed by atoms with Gasteiger partial charge in [-0.1, -0.05) is 44.5 Å². The van der Waals surface area contributed by atoms with Crippen molar-refractivity contribution in [2.45, 2.75) is 65.5 Å². The maximum Gasteiger partial charge on any atom is 0.327 e. The zero-order valence-electron chi connectivity index (χ0n) is 24.3. The molecule has 1 amide bonds. The summed E-state index contributed by atoms with van der Waals surface area (Å²) in [6, 6.07) is 7.69. The number of carbonyl (C=O) groups is 2. The molecule has 3 aromatic rings. The van der Waals surface area contributed by atoms with Gasteiger partial charge in [-0.25, -0.2) is 4.79 Å². The lowest BCUT2D eigenvalue weighted by Crippen LogP contribution is -2.32. The van der Waals surface area contributed by atoms with Crippen LogP contribution < -0.4 is 21.5 Å². The molecule has 3 rings (SSSR count). The van der Waals surface area contributed by atoms with Crippen molar-refractivity contribution in [1.29, 1.82) is 0 Å². The predicted octanol–water partition coefficient (Wildman–Crippen LogP) is 2.65. The summed E-state index contributed by atoms with van der Waals surface area (Å²) in [6.45, 7) is 5.73. The maximum atomic E-state index is 12.8. The number of rotatable bonds is 14. The summed E-state index contributed by atoms with van der Waals surface area (Å²) in [5.41, 5.74) is 8.25.